The second-order valence-corrected chi connectivity index (χ2v) is 8.02. The number of carbonyl (C=O) groups is 2. The maximum absolute atomic E-state index is 12.9. The van der Waals surface area contributed by atoms with Gasteiger partial charge in [0.25, 0.3) is 0 Å². The quantitative estimate of drug-likeness (QED) is 0.230. The van der Waals surface area contributed by atoms with E-state index in [9.17, 15) is 14.7 Å². The van der Waals surface area contributed by atoms with Crippen LogP contribution in [0.25, 0.3) is 0 Å². The monoisotopic (exact) mass is 399 g/mol. The van der Waals surface area contributed by atoms with Crippen molar-refractivity contribution in [3.05, 3.63) is 24.3 Å². The molecule has 0 spiro atoms. The number of nitrogens with one attached hydrogen (secondary N) is 1. The normalized spacial score (nSPS) is 29.9. The van der Waals surface area contributed by atoms with E-state index in [0.29, 0.717) is 12.3 Å². The van der Waals surface area contributed by atoms with E-state index in [2.05, 4.69) is 21.4 Å². The minimum Gasteiger partial charge on any atom is -0.384 e. The molecule has 0 heterocycles. The van der Waals surface area contributed by atoms with Crippen LogP contribution < -0.4 is 17.0 Å². The van der Waals surface area contributed by atoms with Crippen LogP contribution in [0.5, 0.6) is 0 Å². The van der Waals surface area contributed by atoms with Gasteiger partial charge in [0.05, 0.1) is 5.92 Å². The average molecular weight is 400 g/mol. The summed E-state index contributed by atoms with van der Waals surface area (Å²) in [7, 11) is 0. The van der Waals surface area contributed by atoms with E-state index in [4.69, 9.17) is 11.6 Å². The molecule has 0 radical (unpaired) electrons. The molecule has 6 nitrogen and oxygen atoms in total. The molecule has 2 aliphatic carbocycles. The summed E-state index contributed by atoms with van der Waals surface area (Å²) in [5.74, 6) is 3.80. The number of hydrogen-bond acceptors (Lipinski definition) is 5. The summed E-state index contributed by atoms with van der Waals surface area (Å²) in [5.41, 5.74) is 8.17. The van der Waals surface area contributed by atoms with E-state index in [0.717, 1.165) is 12.8 Å². The molecule has 0 aromatic rings. The number of carbonyl (C=O) groups excluding carboxylic acids is 2. The molecule has 0 aromatic heterocycles. The molecule has 0 aromatic carbocycles. The summed E-state index contributed by atoms with van der Waals surface area (Å²) < 4.78 is -1.34. The zero-order valence-corrected chi connectivity index (χ0v) is 15.2. The lowest BCUT2D eigenvalue weighted by Gasteiger charge is -2.34. The molecule has 2 rings (SSSR count). The molecular weight excluding hydrogens is 374 g/mol. The molecule has 1 amide bonds. The Kier molecular flexibility index (Phi) is 6.74. The molecular formula is C17H26BrN3O3. The lowest BCUT2D eigenvalue weighted by molar-refractivity contribution is -0.134. The summed E-state index contributed by atoms with van der Waals surface area (Å²) in [6.07, 6.45) is 11.5. The first-order valence-electron chi connectivity index (χ1n) is 8.43. The lowest BCUT2D eigenvalue weighted by Crippen LogP contribution is -2.55. The van der Waals surface area contributed by atoms with Crippen LogP contribution in [0.15, 0.2) is 24.3 Å². The topological polar surface area (TPSA) is 118 Å². The lowest BCUT2D eigenvalue weighted by atomic mass is 9.79. The summed E-state index contributed by atoms with van der Waals surface area (Å²) in [6.45, 7) is 0. The van der Waals surface area contributed by atoms with Crippen molar-refractivity contribution in [3.63, 3.8) is 0 Å². The third-order valence-electron chi connectivity index (χ3n) is 5.01. The number of nitrogens with two attached hydrogens (primary N) is 2. The fraction of sp³-hybridized carbons (Fsp3) is 0.647. The van der Waals surface area contributed by atoms with Gasteiger partial charge in [0.1, 0.15) is 10.4 Å². The van der Waals surface area contributed by atoms with Crippen LogP contribution in [0.1, 0.15) is 38.5 Å². The van der Waals surface area contributed by atoms with Crippen LogP contribution in [0.2, 0.25) is 0 Å². The second kappa shape index (κ2) is 8.38. The van der Waals surface area contributed by atoms with Gasteiger partial charge in [0.15, 0.2) is 5.78 Å². The highest BCUT2D eigenvalue weighted by Gasteiger charge is 2.48. The van der Waals surface area contributed by atoms with Crippen LogP contribution in [0.4, 0.5) is 0 Å². The maximum Gasteiger partial charge on any atom is 0.243 e. The zero-order chi connectivity index (χ0) is 17.7. The van der Waals surface area contributed by atoms with Gasteiger partial charge < -0.3 is 10.8 Å². The Balaban J connectivity index is 2.08. The van der Waals surface area contributed by atoms with Gasteiger partial charge in [-0.15, -0.1) is 0 Å². The van der Waals surface area contributed by atoms with Crippen LogP contribution in [0, 0.1) is 11.8 Å². The first-order valence-corrected chi connectivity index (χ1v) is 9.22. The number of alkyl halides is 1. The first kappa shape index (κ1) is 19.3. The van der Waals surface area contributed by atoms with Gasteiger partial charge in [-0.1, -0.05) is 72.3 Å². The molecule has 0 bridgehead atoms. The highest BCUT2D eigenvalue weighted by atomic mass is 79.9. The Morgan fingerprint density at radius 2 is 1.96 bits per heavy atom. The van der Waals surface area contributed by atoms with Gasteiger partial charge in [0.2, 0.25) is 5.91 Å². The van der Waals surface area contributed by atoms with Crippen LogP contribution in [-0.4, -0.2) is 33.3 Å². The van der Waals surface area contributed by atoms with Crippen molar-refractivity contribution < 1.29 is 14.7 Å². The van der Waals surface area contributed by atoms with E-state index < -0.39 is 34.1 Å². The van der Waals surface area contributed by atoms with Gasteiger partial charge >= 0.3 is 0 Å². The van der Waals surface area contributed by atoms with Crippen LogP contribution >= 0.6 is 15.9 Å². The van der Waals surface area contributed by atoms with Gasteiger partial charge in [-0.05, 0) is 12.3 Å². The van der Waals surface area contributed by atoms with Crippen molar-refractivity contribution in [2.24, 2.45) is 23.4 Å². The SMILES string of the molecule is NNC(=O)C1C=CC=CC1(Br)C(=O)C(O)[C@H](N)CC1CCCCC1. The molecule has 1 saturated carbocycles. The summed E-state index contributed by atoms with van der Waals surface area (Å²) in [6, 6.07) is -0.643. The molecule has 24 heavy (non-hydrogen) atoms. The van der Waals surface area contributed by atoms with E-state index in [1.54, 1.807) is 24.3 Å². The van der Waals surface area contributed by atoms with Crippen molar-refractivity contribution in [2.75, 3.05) is 0 Å². The fourth-order valence-corrected chi connectivity index (χ4v) is 4.32. The molecule has 6 N–H and O–H groups in total. The summed E-state index contributed by atoms with van der Waals surface area (Å²) in [5, 5.41) is 10.5. The molecule has 0 saturated heterocycles. The molecule has 3 unspecified atom stereocenters. The highest BCUT2D eigenvalue weighted by molar-refractivity contribution is 9.10. The highest BCUT2D eigenvalue weighted by Crippen LogP contribution is 2.37. The standard InChI is InChI=1S/C17H26BrN3O3/c18-17(9-5-4-8-12(17)16(24)21-20)15(23)14(22)13(19)10-11-6-2-1-3-7-11/h4-5,8-9,11-14,22H,1-3,6-7,10,19-20H2,(H,21,24)/t12?,13-,14?,17?/m1/s1. The predicted molar refractivity (Wildman–Crippen MR) is 95.9 cm³/mol. The van der Waals surface area contributed by atoms with E-state index >= 15 is 0 Å². The van der Waals surface area contributed by atoms with Gasteiger partial charge in [-0.2, -0.15) is 0 Å². The smallest absolute Gasteiger partial charge is 0.243 e. The Morgan fingerprint density at radius 1 is 1.29 bits per heavy atom. The Morgan fingerprint density at radius 3 is 2.58 bits per heavy atom. The van der Waals surface area contributed by atoms with Gasteiger partial charge in [-0.25, -0.2) is 5.84 Å². The number of aliphatic hydroxyl groups is 1. The third-order valence-corrected chi connectivity index (χ3v) is 6.16. The number of hydrogen-bond donors (Lipinski definition) is 4. The number of ketones is 1. The Bertz CT molecular complexity index is 531. The van der Waals surface area contributed by atoms with Crippen molar-refractivity contribution in [3.8, 4) is 0 Å². The molecule has 7 heteroatoms. The first-order chi connectivity index (χ1) is 11.4. The zero-order valence-electron chi connectivity index (χ0n) is 13.7. The van der Waals surface area contributed by atoms with E-state index in [-0.39, 0.29) is 0 Å². The third kappa shape index (κ3) is 4.14. The minimum atomic E-state index is -1.34. The van der Waals surface area contributed by atoms with Crippen LogP contribution in [-0.2, 0) is 9.59 Å². The molecule has 0 aliphatic heterocycles. The molecule has 1 fully saturated rings. The van der Waals surface area contributed by atoms with E-state index in [1.807, 2.05) is 0 Å². The number of allylic oxidation sites excluding steroid dienone is 3. The summed E-state index contributed by atoms with van der Waals surface area (Å²) in [4.78, 5) is 24.8. The number of aliphatic hydroxyl groups excluding tert-OH is 1. The van der Waals surface area contributed by atoms with Gasteiger partial charge in [-0.3, -0.25) is 15.0 Å². The predicted octanol–water partition coefficient (Wildman–Crippen LogP) is 1.08. The van der Waals surface area contributed by atoms with Crippen molar-refractivity contribution in [1.82, 2.24) is 5.43 Å². The largest absolute Gasteiger partial charge is 0.384 e. The van der Waals surface area contributed by atoms with Gasteiger partial charge in [0, 0.05) is 6.04 Å². The summed E-state index contributed by atoms with van der Waals surface area (Å²) >= 11 is 3.34. The molecule has 4 atom stereocenters. The average Bonchev–Trinajstić information content (AvgIpc) is 2.61. The molecule has 2 aliphatic rings. The van der Waals surface area contributed by atoms with E-state index in [1.165, 1.54) is 19.3 Å². The number of halogens is 1. The second-order valence-electron chi connectivity index (χ2n) is 6.71. The Labute approximate surface area is 150 Å². The maximum atomic E-state index is 12.9. The number of amides is 1. The molecule has 134 valence electrons. The number of Topliss-reactive ketones (excluding diaryl/α,β-unsaturated/α-hetero) is 1. The number of rotatable bonds is 6. The van der Waals surface area contributed by atoms with Crippen LogP contribution in [0.3, 0.4) is 0 Å². The van der Waals surface area contributed by atoms with Crippen molar-refractivity contribution in [2.45, 2.75) is 55.0 Å². The van der Waals surface area contributed by atoms with Crippen molar-refractivity contribution in [1.29, 1.82) is 0 Å². The Hall–Kier alpha value is -1.02. The number of hydrazine groups is 1. The van der Waals surface area contributed by atoms with Crippen molar-refractivity contribution >= 4 is 27.6 Å². The fourth-order valence-electron chi connectivity index (χ4n) is 3.58. The minimum absolute atomic E-state index is 0.451.